The number of nitrogens with one attached hydrogen (secondary N) is 1. The Bertz CT molecular complexity index is 623. The van der Waals surface area contributed by atoms with Crippen LogP contribution in [0.5, 0.6) is 5.75 Å². The van der Waals surface area contributed by atoms with E-state index in [1.165, 1.54) is 6.33 Å². The first kappa shape index (κ1) is 13.6. The summed E-state index contributed by atoms with van der Waals surface area (Å²) in [6.07, 6.45) is 3.27. The minimum Gasteiger partial charge on any atom is -0.497 e. The molecule has 0 aliphatic carbocycles. The van der Waals surface area contributed by atoms with Crippen molar-refractivity contribution >= 4 is 11.6 Å². The van der Waals surface area contributed by atoms with Gasteiger partial charge < -0.3 is 9.64 Å². The van der Waals surface area contributed by atoms with E-state index in [0.717, 1.165) is 17.1 Å². The largest absolute Gasteiger partial charge is 0.497 e. The molecule has 2 rings (SSSR count). The van der Waals surface area contributed by atoms with Crippen LogP contribution >= 0.6 is 0 Å². The number of ether oxygens (including phenoxy) is 1. The molecule has 0 amide bonds. The summed E-state index contributed by atoms with van der Waals surface area (Å²) in [6, 6.07) is 9.58. The van der Waals surface area contributed by atoms with Gasteiger partial charge in [-0.25, -0.2) is 9.97 Å². The minimum atomic E-state index is 0.481. The van der Waals surface area contributed by atoms with Crippen molar-refractivity contribution in [2.75, 3.05) is 24.4 Å². The van der Waals surface area contributed by atoms with Gasteiger partial charge in [-0.3, -0.25) is 5.32 Å². The van der Waals surface area contributed by atoms with E-state index in [-0.39, 0.29) is 0 Å². The molecule has 0 saturated carbocycles. The van der Waals surface area contributed by atoms with Crippen LogP contribution in [0.1, 0.15) is 5.56 Å². The van der Waals surface area contributed by atoms with Crippen molar-refractivity contribution in [3.8, 4) is 11.9 Å². The number of rotatable bonds is 5. The van der Waals surface area contributed by atoms with Crippen LogP contribution in [0.25, 0.3) is 0 Å². The van der Waals surface area contributed by atoms with E-state index in [9.17, 15) is 0 Å². The normalized spacial score (nSPS) is 9.65. The van der Waals surface area contributed by atoms with E-state index in [1.807, 2.05) is 42.4 Å². The Labute approximate surface area is 117 Å². The van der Waals surface area contributed by atoms with E-state index in [1.54, 1.807) is 13.2 Å². The summed E-state index contributed by atoms with van der Waals surface area (Å²) in [5.74, 6) is 2.04. The van der Waals surface area contributed by atoms with E-state index >= 15 is 0 Å². The molecule has 2 aromatic rings. The Morgan fingerprint density at radius 1 is 1.35 bits per heavy atom. The van der Waals surface area contributed by atoms with Crippen LogP contribution in [0, 0.1) is 11.5 Å². The first-order chi connectivity index (χ1) is 9.72. The molecular weight excluding hydrogens is 254 g/mol. The molecular formula is C14H15N5O. The molecule has 102 valence electrons. The summed E-state index contributed by atoms with van der Waals surface area (Å²) in [7, 11) is 3.57. The third-order valence-corrected chi connectivity index (χ3v) is 2.78. The van der Waals surface area contributed by atoms with Crippen molar-refractivity contribution in [2.24, 2.45) is 0 Å². The number of anilines is 2. The van der Waals surface area contributed by atoms with Crippen LogP contribution in [-0.2, 0) is 6.54 Å². The molecule has 6 heteroatoms. The molecule has 0 radical (unpaired) electrons. The molecule has 0 saturated heterocycles. The second-order valence-corrected chi connectivity index (χ2v) is 4.21. The Kier molecular flexibility index (Phi) is 4.35. The summed E-state index contributed by atoms with van der Waals surface area (Å²) in [5, 5.41) is 11.1. The van der Waals surface area contributed by atoms with Gasteiger partial charge in [-0.05, 0) is 17.7 Å². The van der Waals surface area contributed by atoms with Crippen LogP contribution < -0.4 is 15.0 Å². The number of hydrogen-bond acceptors (Lipinski definition) is 6. The lowest BCUT2D eigenvalue weighted by molar-refractivity contribution is 0.414. The second-order valence-electron chi connectivity index (χ2n) is 4.21. The molecule has 1 heterocycles. The highest BCUT2D eigenvalue weighted by Gasteiger charge is 2.06. The fourth-order valence-corrected chi connectivity index (χ4v) is 1.81. The van der Waals surface area contributed by atoms with Gasteiger partial charge in [0.05, 0.1) is 7.11 Å². The van der Waals surface area contributed by atoms with Gasteiger partial charge >= 0.3 is 0 Å². The topological polar surface area (TPSA) is 74.1 Å². The highest BCUT2D eigenvalue weighted by Crippen LogP contribution is 2.18. The van der Waals surface area contributed by atoms with E-state index in [0.29, 0.717) is 12.4 Å². The van der Waals surface area contributed by atoms with Gasteiger partial charge in [-0.15, -0.1) is 0 Å². The molecule has 6 nitrogen and oxygen atoms in total. The van der Waals surface area contributed by atoms with Crippen molar-refractivity contribution in [1.82, 2.24) is 9.97 Å². The molecule has 1 aromatic carbocycles. The summed E-state index contributed by atoms with van der Waals surface area (Å²) >= 11 is 0. The van der Waals surface area contributed by atoms with Gasteiger partial charge in [0.1, 0.15) is 23.7 Å². The Morgan fingerprint density at radius 2 is 2.20 bits per heavy atom. The van der Waals surface area contributed by atoms with Crippen LogP contribution in [0.2, 0.25) is 0 Å². The predicted molar refractivity (Wildman–Crippen MR) is 76.4 cm³/mol. The molecule has 0 spiro atoms. The number of aromatic nitrogens is 2. The fraction of sp³-hybridized carbons (Fsp3) is 0.214. The van der Waals surface area contributed by atoms with Crippen LogP contribution in [-0.4, -0.2) is 24.1 Å². The van der Waals surface area contributed by atoms with Crippen molar-refractivity contribution in [3.05, 3.63) is 42.2 Å². The molecule has 20 heavy (non-hydrogen) atoms. The van der Waals surface area contributed by atoms with Crippen molar-refractivity contribution in [2.45, 2.75) is 6.54 Å². The van der Waals surface area contributed by atoms with Gasteiger partial charge in [0, 0.05) is 19.7 Å². The fourth-order valence-electron chi connectivity index (χ4n) is 1.81. The van der Waals surface area contributed by atoms with Crippen molar-refractivity contribution < 1.29 is 4.74 Å². The molecule has 0 fully saturated rings. The number of methoxy groups -OCH3 is 1. The van der Waals surface area contributed by atoms with Gasteiger partial charge in [0.15, 0.2) is 6.19 Å². The first-order valence-electron chi connectivity index (χ1n) is 6.04. The van der Waals surface area contributed by atoms with E-state index in [2.05, 4.69) is 15.3 Å². The molecule has 0 unspecified atom stereocenters. The number of nitriles is 1. The maximum absolute atomic E-state index is 8.59. The summed E-state index contributed by atoms with van der Waals surface area (Å²) in [4.78, 5) is 10.1. The second kappa shape index (κ2) is 6.38. The number of hydrogen-bond donors (Lipinski definition) is 1. The average Bonchev–Trinajstić information content (AvgIpc) is 2.48. The Hall–Kier alpha value is -2.81. The lowest BCUT2D eigenvalue weighted by atomic mass is 10.2. The van der Waals surface area contributed by atoms with Crippen molar-refractivity contribution in [1.29, 1.82) is 5.26 Å². The number of nitrogens with zero attached hydrogens (tertiary/aromatic N) is 4. The maximum Gasteiger partial charge on any atom is 0.182 e. The highest BCUT2D eigenvalue weighted by atomic mass is 16.5. The van der Waals surface area contributed by atoms with Gasteiger partial charge in [0.25, 0.3) is 0 Å². The molecule has 0 aliphatic heterocycles. The van der Waals surface area contributed by atoms with Gasteiger partial charge in [0.2, 0.25) is 0 Å². The zero-order valence-corrected chi connectivity index (χ0v) is 11.4. The molecule has 0 bridgehead atoms. The third-order valence-electron chi connectivity index (χ3n) is 2.78. The predicted octanol–water partition coefficient (Wildman–Crippen LogP) is 2.01. The van der Waals surface area contributed by atoms with E-state index < -0.39 is 0 Å². The number of benzene rings is 1. The highest BCUT2D eigenvalue weighted by molar-refractivity contribution is 5.50. The molecule has 0 aliphatic rings. The van der Waals surface area contributed by atoms with E-state index in [4.69, 9.17) is 10.00 Å². The lowest BCUT2D eigenvalue weighted by Gasteiger charge is -2.18. The summed E-state index contributed by atoms with van der Waals surface area (Å²) in [5.41, 5.74) is 1.11. The summed E-state index contributed by atoms with van der Waals surface area (Å²) < 4.78 is 5.20. The molecule has 1 aromatic heterocycles. The van der Waals surface area contributed by atoms with Gasteiger partial charge in [-0.1, -0.05) is 12.1 Å². The van der Waals surface area contributed by atoms with Crippen molar-refractivity contribution in [3.63, 3.8) is 0 Å². The Morgan fingerprint density at radius 3 is 2.95 bits per heavy atom. The monoisotopic (exact) mass is 269 g/mol. The average molecular weight is 269 g/mol. The standard InChI is InChI=1S/C14H15N5O/c1-19(8-11-4-3-5-12(6-11)20-2)14-7-13(16-9-15)17-10-18-14/h3-7,10H,8H2,1-2H3,(H,16,17,18). The first-order valence-corrected chi connectivity index (χ1v) is 6.04. The third kappa shape index (κ3) is 3.36. The molecule has 1 N–H and O–H groups in total. The zero-order valence-electron chi connectivity index (χ0n) is 11.4. The SMILES string of the molecule is COc1cccc(CN(C)c2cc(NC#N)ncn2)c1. The molecule has 0 atom stereocenters. The smallest absolute Gasteiger partial charge is 0.182 e. The lowest BCUT2D eigenvalue weighted by Crippen LogP contribution is -2.18. The quantitative estimate of drug-likeness (QED) is 0.661. The maximum atomic E-state index is 8.59. The minimum absolute atomic E-state index is 0.481. The van der Waals surface area contributed by atoms with Crippen LogP contribution in [0.15, 0.2) is 36.7 Å². The van der Waals surface area contributed by atoms with Crippen LogP contribution in [0.4, 0.5) is 11.6 Å². The zero-order chi connectivity index (χ0) is 14.4. The van der Waals surface area contributed by atoms with Crippen LogP contribution in [0.3, 0.4) is 0 Å². The van der Waals surface area contributed by atoms with Gasteiger partial charge in [-0.2, -0.15) is 5.26 Å². The summed E-state index contributed by atoms with van der Waals surface area (Å²) in [6.45, 7) is 0.681. The Balaban J connectivity index is 2.13.